The van der Waals surface area contributed by atoms with E-state index in [4.69, 9.17) is 0 Å². The number of piperazine rings is 1. The van der Waals surface area contributed by atoms with Crippen LogP contribution in [0.25, 0.3) is 16.3 Å². The van der Waals surface area contributed by atoms with Crippen molar-refractivity contribution >= 4 is 43.6 Å². The molecule has 0 N–H and O–H groups in total. The van der Waals surface area contributed by atoms with Crippen LogP contribution in [-0.2, 0) is 14.8 Å². The summed E-state index contributed by atoms with van der Waals surface area (Å²) in [7, 11) is -3.51. The van der Waals surface area contributed by atoms with Gasteiger partial charge in [-0.25, -0.2) is 13.4 Å². The summed E-state index contributed by atoms with van der Waals surface area (Å²) in [5, 5.41) is 0.778. The predicted octanol–water partition coefficient (Wildman–Crippen LogP) is 2.84. The van der Waals surface area contributed by atoms with Gasteiger partial charge in [0.05, 0.1) is 15.1 Å². The Bertz CT molecular complexity index is 1080. The number of carbonyl (C=O) groups excluding carboxylic acids is 1. The Kier molecular flexibility index (Phi) is 5.25. The summed E-state index contributed by atoms with van der Waals surface area (Å²) in [6.07, 6.45) is 3.24. The van der Waals surface area contributed by atoms with E-state index in [-0.39, 0.29) is 23.9 Å². The highest BCUT2D eigenvalue weighted by atomic mass is 32.2. The number of aromatic nitrogens is 1. The molecule has 28 heavy (non-hydrogen) atoms. The molecule has 0 unspecified atom stereocenters. The molecule has 1 fully saturated rings. The summed E-state index contributed by atoms with van der Waals surface area (Å²) in [5.41, 5.74) is 0.916. The van der Waals surface area contributed by atoms with Crippen molar-refractivity contribution in [3.8, 4) is 0 Å². The number of fused-ring (bicyclic) bond motifs is 1. The zero-order valence-corrected chi connectivity index (χ0v) is 16.7. The molecule has 0 radical (unpaired) electrons. The first-order chi connectivity index (χ1) is 13.5. The van der Waals surface area contributed by atoms with Gasteiger partial charge in [0, 0.05) is 32.3 Å². The molecule has 1 aliphatic rings. The molecular weight excluding hydrogens is 394 g/mol. The van der Waals surface area contributed by atoms with Crippen molar-refractivity contribution < 1.29 is 13.2 Å². The number of hydrogen-bond acceptors (Lipinski definition) is 5. The van der Waals surface area contributed by atoms with E-state index in [1.54, 1.807) is 41.3 Å². The van der Waals surface area contributed by atoms with Crippen LogP contribution in [0.1, 0.15) is 5.01 Å². The van der Waals surface area contributed by atoms with Gasteiger partial charge in [-0.1, -0.05) is 30.3 Å². The van der Waals surface area contributed by atoms with Gasteiger partial charge in [0.25, 0.3) is 0 Å². The molecular formula is C20H19N3O3S2. The van der Waals surface area contributed by atoms with E-state index in [2.05, 4.69) is 4.98 Å². The van der Waals surface area contributed by atoms with Gasteiger partial charge in [-0.2, -0.15) is 4.31 Å². The second-order valence-corrected chi connectivity index (χ2v) is 9.40. The second kappa shape index (κ2) is 7.83. The van der Waals surface area contributed by atoms with E-state index in [1.165, 1.54) is 21.7 Å². The third kappa shape index (κ3) is 3.84. The summed E-state index contributed by atoms with van der Waals surface area (Å²) in [6.45, 7) is 1.32. The van der Waals surface area contributed by atoms with E-state index in [0.717, 1.165) is 15.2 Å². The van der Waals surface area contributed by atoms with Gasteiger partial charge in [-0.3, -0.25) is 4.79 Å². The largest absolute Gasteiger partial charge is 0.337 e. The van der Waals surface area contributed by atoms with Crippen LogP contribution < -0.4 is 0 Å². The molecule has 3 aromatic rings. The fraction of sp³-hybridized carbons (Fsp3) is 0.200. The predicted molar refractivity (Wildman–Crippen MR) is 110 cm³/mol. The van der Waals surface area contributed by atoms with Crippen molar-refractivity contribution in [1.82, 2.24) is 14.2 Å². The average Bonchev–Trinajstić information content (AvgIpc) is 3.16. The Morgan fingerprint density at radius 3 is 2.36 bits per heavy atom. The molecule has 0 spiro atoms. The lowest BCUT2D eigenvalue weighted by atomic mass is 10.3. The molecule has 1 aliphatic heterocycles. The molecule has 144 valence electrons. The minimum Gasteiger partial charge on any atom is -0.337 e. The SMILES string of the molecule is O=C(C=Cc1nc2ccccc2s1)N1CCN(S(=O)(=O)c2ccccc2)CC1. The van der Waals surface area contributed by atoms with Gasteiger partial charge in [0.15, 0.2) is 0 Å². The molecule has 2 aromatic carbocycles. The topological polar surface area (TPSA) is 70.6 Å². The lowest BCUT2D eigenvalue weighted by Crippen LogP contribution is -2.50. The number of hydrogen-bond donors (Lipinski definition) is 0. The van der Waals surface area contributed by atoms with Crippen molar-refractivity contribution in [2.75, 3.05) is 26.2 Å². The Morgan fingerprint density at radius 2 is 1.64 bits per heavy atom. The van der Waals surface area contributed by atoms with Crippen molar-refractivity contribution in [1.29, 1.82) is 0 Å². The minimum absolute atomic E-state index is 0.129. The van der Waals surface area contributed by atoms with Gasteiger partial charge in [0.2, 0.25) is 15.9 Å². The van der Waals surface area contributed by atoms with E-state index in [9.17, 15) is 13.2 Å². The number of thiazole rings is 1. The first kappa shape index (κ1) is 18.8. The van der Waals surface area contributed by atoms with Gasteiger partial charge >= 0.3 is 0 Å². The Balaban J connectivity index is 1.38. The van der Waals surface area contributed by atoms with Crippen LogP contribution >= 0.6 is 11.3 Å². The van der Waals surface area contributed by atoms with Crippen molar-refractivity contribution in [3.63, 3.8) is 0 Å². The van der Waals surface area contributed by atoms with Gasteiger partial charge in [-0.05, 0) is 30.3 Å². The van der Waals surface area contributed by atoms with E-state index in [1.807, 2.05) is 24.3 Å². The number of carbonyl (C=O) groups is 1. The molecule has 0 saturated carbocycles. The third-order valence-corrected chi connectivity index (χ3v) is 7.52. The van der Waals surface area contributed by atoms with Gasteiger partial charge in [0.1, 0.15) is 5.01 Å². The maximum absolute atomic E-state index is 12.7. The highest BCUT2D eigenvalue weighted by Crippen LogP contribution is 2.22. The van der Waals surface area contributed by atoms with Gasteiger partial charge < -0.3 is 4.90 Å². The van der Waals surface area contributed by atoms with E-state index in [0.29, 0.717) is 13.1 Å². The Labute approximate surface area is 167 Å². The summed E-state index contributed by atoms with van der Waals surface area (Å²) in [4.78, 5) is 18.9. The summed E-state index contributed by atoms with van der Waals surface area (Å²) in [5.74, 6) is -0.129. The number of nitrogens with zero attached hydrogens (tertiary/aromatic N) is 3. The highest BCUT2D eigenvalue weighted by molar-refractivity contribution is 7.89. The maximum atomic E-state index is 12.7. The molecule has 1 amide bonds. The van der Waals surface area contributed by atoms with E-state index >= 15 is 0 Å². The molecule has 0 bridgehead atoms. The lowest BCUT2D eigenvalue weighted by Gasteiger charge is -2.33. The van der Waals surface area contributed by atoms with Crippen LogP contribution in [0, 0.1) is 0 Å². The molecule has 6 nitrogen and oxygen atoms in total. The Morgan fingerprint density at radius 1 is 0.964 bits per heavy atom. The first-order valence-electron chi connectivity index (χ1n) is 8.92. The summed E-state index contributed by atoms with van der Waals surface area (Å²) < 4.78 is 27.8. The monoisotopic (exact) mass is 413 g/mol. The second-order valence-electron chi connectivity index (χ2n) is 6.40. The van der Waals surface area contributed by atoms with Crippen molar-refractivity contribution in [2.24, 2.45) is 0 Å². The summed E-state index contributed by atoms with van der Waals surface area (Å²) >= 11 is 1.53. The van der Waals surface area contributed by atoms with Crippen LogP contribution in [0.5, 0.6) is 0 Å². The molecule has 0 aliphatic carbocycles. The first-order valence-corrected chi connectivity index (χ1v) is 11.2. The average molecular weight is 414 g/mol. The van der Waals surface area contributed by atoms with Crippen molar-refractivity contribution in [3.05, 3.63) is 65.7 Å². The molecule has 8 heteroatoms. The number of sulfonamides is 1. The van der Waals surface area contributed by atoms with Crippen LogP contribution in [0.4, 0.5) is 0 Å². The number of amides is 1. The Hall–Kier alpha value is -2.55. The molecule has 1 saturated heterocycles. The van der Waals surface area contributed by atoms with Crippen LogP contribution in [0.3, 0.4) is 0 Å². The van der Waals surface area contributed by atoms with Crippen molar-refractivity contribution in [2.45, 2.75) is 4.90 Å². The van der Waals surface area contributed by atoms with E-state index < -0.39 is 10.0 Å². The molecule has 1 aromatic heterocycles. The van der Waals surface area contributed by atoms with Crippen LogP contribution in [0.15, 0.2) is 65.6 Å². The van der Waals surface area contributed by atoms with Crippen LogP contribution in [-0.4, -0.2) is 54.7 Å². The zero-order valence-electron chi connectivity index (χ0n) is 15.1. The standard InChI is InChI=1S/C20H19N3O3S2/c24-20(11-10-19-21-17-8-4-5-9-18(17)27-19)22-12-14-23(15-13-22)28(25,26)16-6-2-1-3-7-16/h1-11H,12-15H2. The molecule has 4 rings (SSSR count). The third-order valence-electron chi connectivity index (χ3n) is 4.61. The quantitative estimate of drug-likeness (QED) is 0.617. The zero-order chi connectivity index (χ0) is 19.6. The fourth-order valence-corrected chi connectivity index (χ4v) is 5.41. The maximum Gasteiger partial charge on any atom is 0.246 e. The molecule has 2 heterocycles. The molecule has 0 atom stereocenters. The summed E-state index contributed by atoms with van der Waals surface area (Å²) in [6, 6.07) is 16.2. The highest BCUT2D eigenvalue weighted by Gasteiger charge is 2.29. The van der Waals surface area contributed by atoms with Crippen LogP contribution in [0.2, 0.25) is 0 Å². The fourth-order valence-electron chi connectivity index (χ4n) is 3.10. The number of benzene rings is 2. The van der Waals surface area contributed by atoms with Gasteiger partial charge in [-0.15, -0.1) is 11.3 Å². The number of rotatable bonds is 4. The lowest BCUT2D eigenvalue weighted by molar-refractivity contribution is -0.127. The minimum atomic E-state index is -3.51. The normalized spacial score (nSPS) is 16.1. The number of para-hydroxylation sites is 1. The smallest absolute Gasteiger partial charge is 0.246 e.